The molecular weight excluding hydrogens is 373 g/mol. The second kappa shape index (κ2) is 8.97. The number of carbonyl (C=O) groups excluding carboxylic acids is 1. The molecule has 0 saturated carbocycles. The summed E-state index contributed by atoms with van der Waals surface area (Å²) in [6.07, 6.45) is 0. The Morgan fingerprint density at radius 1 is 1.11 bits per heavy atom. The number of rotatable bonds is 6. The molecule has 28 heavy (non-hydrogen) atoms. The molecule has 1 unspecified atom stereocenters. The first-order valence-corrected chi connectivity index (χ1v) is 9.87. The lowest BCUT2D eigenvalue weighted by Gasteiger charge is -2.21. The molecular formula is C22H22FN3OS. The van der Waals surface area contributed by atoms with Gasteiger partial charge in [-0.15, -0.1) is 0 Å². The smallest absolute Gasteiger partial charge is 0.235 e. The Hall–Kier alpha value is -2.73. The predicted molar refractivity (Wildman–Crippen MR) is 110 cm³/mol. The van der Waals surface area contributed by atoms with Gasteiger partial charge in [0.1, 0.15) is 5.82 Å². The third kappa shape index (κ3) is 5.16. The fourth-order valence-corrected chi connectivity index (χ4v) is 3.80. The van der Waals surface area contributed by atoms with Crippen molar-refractivity contribution >= 4 is 17.7 Å². The van der Waals surface area contributed by atoms with E-state index in [1.807, 2.05) is 50.2 Å². The minimum atomic E-state index is -0.357. The first-order valence-electron chi connectivity index (χ1n) is 8.99. The highest BCUT2D eigenvalue weighted by Crippen LogP contribution is 2.25. The summed E-state index contributed by atoms with van der Waals surface area (Å²) in [5, 5.41) is 0.211. The summed E-state index contributed by atoms with van der Waals surface area (Å²) in [5.74, 6) is -0.358. The molecule has 1 amide bonds. The molecule has 0 aliphatic carbocycles. The number of nitrogens with zero attached hydrogens (tertiary/aromatic N) is 3. The first-order chi connectivity index (χ1) is 13.4. The minimum Gasteiger partial charge on any atom is -0.340 e. The molecule has 0 aliphatic heterocycles. The van der Waals surface area contributed by atoms with Gasteiger partial charge >= 0.3 is 0 Å². The lowest BCUT2D eigenvalue weighted by Crippen LogP contribution is -2.32. The first kappa shape index (κ1) is 20.0. The summed E-state index contributed by atoms with van der Waals surface area (Å²) in [6, 6.07) is 18.1. The van der Waals surface area contributed by atoms with Crippen LogP contribution in [0.4, 0.5) is 4.39 Å². The van der Waals surface area contributed by atoms with Crippen LogP contribution in [0.15, 0.2) is 65.8 Å². The van der Waals surface area contributed by atoms with Crippen molar-refractivity contribution in [2.45, 2.75) is 30.8 Å². The molecule has 1 atom stereocenters. The number of benzene rings is 2. The Bertz CT molecular complexity index is 965. The summed E-state index contributed by atoms with van der Waals surface area (Å²) < 4.78 is 13.4. The number of carbonyl (C=O) groups is 1. The van der Waals surface area contributed by atoms with Crippen LogP contribution in [0.25, 0.3) is 11.3 Å². The van der Waals surface area contributed by atoms with E-state index >= 15 is 0 Å². The van der Waals surface area contributed by atoms with Gasteiger partial charge in [0.05, 0.1) is 10.9 Å². The number of aromatic nitrogens is 2. The second-order valence-corrected chi connectivity index (χ2v) is 7.94. The Labute approximate surface area is 168 Å². The molecule has 1 aromatic heterocycles. The van der Waals surface area contributed by atoms with Gasteiger partial charge in [0.25, 0.3) is 0 Å². The van der Waals surface area contributed by atoms with Gasteiger partial charge in [-0.25, -0.2) is 14.4 Å². The predicted octanol–water partition coefficient (Wildman–Crippen LogP) is 4.73. The topological polar surface area (TPSA) is 46.1 Å². The van der Waals surface area contributed by atoms with Gasteiger partial charge < -0.3 is 4.90 Å². The van der Waals surface area contributed by atoms with Crippen LogP contribution in [0.3, 0.4) is 0 Å². The largest absolute Gasteiger partial charge is 0.340 e. The Balaban J connectivity index is 1.70. The summed E-state index contributed by atoms with van der Waals surface area (Å²) in [4.78, 5) is 23.4. The van der Waals surface area contributed by atoms with E-state index in [2.05, 4.69) is 9.97 Å². The highest BCUT2D eigenvalue weighted by atomic mass is 32.2. The summed E-state index contributed by atoms with van der Waals surface area (Å²) >= 11 is 1.33. The highest BCUT2D eigenvalue weighted by molar-refractivity contribution is 8.00. The van der Waals surface area contributed by atoms with Crippen LogP contribution in [0.1, 0.15) is 18.2 Å². The maximum atomic E-state index is 13.4. The zero-order valence-electron chi connectivity index (χ0n) is 16.1. The SMILES string of the molecule is Cc1cc(-c2ccccc2)nc(SC(C)C(=O)N(C)Cc2cccc(F)c2)n1. The van der Waals surface area contributed by atoms with Crippen molar-refractivity contribution in [1.29, 1.82) is 0 Å². The lowest BCUT2D eigenvalue weighted by atomic mass is 10.1. The Morgan fingerprint density at radius 2 is 1.86 bits per heavy atom. The van der Waals surface area contributed by atoms with Gasteiger partial charge in [-0.05, 0) is 37.6 Å². The molecule has 0 spiro atoms. The maximum absolute atomic E-state index is 13.4. The van der Waals surface area contributed by atoms with E-state index in [1.54, 1.807) is 24.1 Å². The molecule has 0 aliphatic rings. The van der Waals surface area contributed by atoms with Crippen molar-refractivity contribution in [3.63, 3.8) is 0 Å². The van der Waals surface area contributed by atoms with E-state index in [1.165, 1.54) is 23.9 Å². The third-order valence-corrected chi connectivity index (χ3v) is 5.17. The molecule has 0 N–H and O–H groups in total. The van der Waals surface area contributed by atoms with Crippen LogP contribution in [0, 0.1) is 12.7 Å². The summed E-state index contributed by atoms with van der Waals surface area (Å²) in [7, 11) is 1.72. The van der Waals surface area contributed by atoms with Gasteiger partial charge in [-0.2, -0.15) is 0 Å². The normalized spacial score (nSPS) is 11.9. The fraction of sp³-hybridized carbons (Fsp3) is 0.227. The van der Waals surface area contributed by atoms with Crippen LogP contribution >= 0.6 is 11.8 Å². The zero-order valence-corrected chi connectivity index (χ0v) is 16.9. The number of aryl methyl sites for hydroxylation is 1. The van der Waals surface area contributed by atoms with E-state index in [9.17, 15) is 9.18 Å². The average molecular weight is 396 g/mol. The molecule has 3 aromatic rings. The van der Waals surface area contributed by atoms with Gasteiger partial charge in [-0.1, -0.05) is 54.2 Å². The van der Waals surface area contributed by atoms with Crippen molar-refractivity contribution < 1.29 is 9.18 Å². The molecule has 3 rings (SSSR count). The maximum Gasteiger partial charge on any atom is 0.235 e. The highest BCUT2D eigenvalue weighted by Gasteiger charge is 2.20. The Morgan fingerprint density at radius 3 is 2.57 bits per heavy atom. The second-order valence-electron chi connectivity index (χ2n) is 6.63. The number of hydrogen-bond donors (Lipinski definition) is 0. The molecule has 6 heteroatoms. The molecule has 0 bridgehead atoms. The van der Waals surface area contributed by atoms with Gasteiger partial charge in [-0.3, -0.25) is 4.79 Å². The Kier molecular flexibility index (Phi) is 6.41. The van der Waals surface area contributed by atoms with Crippen LogP contribution in [0.2, 0.25) is 0 Å². The standard InChI is InChI=1S/C22H22FN3OS/c1-15-12-20(18-9-5-4-6-10-18)25-22(24-15)28-16(2)21(27)26(3)14-17-8-7-11-19(23)13-17/h4-13,16H,14H2,1-3H3. The van der Waals surface area contributed by atoms with Crippen molar-refractivity contribution in [1.82, 2.24) is 14.9 Å². The molecule has 0 radical (unpaired) electrons. The number of thioether (sulfide) groups is 1. The molecule has 144 valence electrons. The molecule has 4 nitrogen and oxygen atoms in total. The van der Waals surface area contributed by atoms with Crippen LogP contribution in [-0.4, -0.2) is 33.1 Å². The number of halogens is 1. The van der Waals surface area contributed by atoms with E-state index in [-0.39, 0.29) is 17.0 Å². The molecule has 1 heterocycles. The van der Waals surface area contributed by atoms with Crippen molar-refractivity contribution in [2.24, 2.45) is 0 Å². The summed E-state index contributed by atoms with van der Waals surface area (Å²) in [5.41, 5.74) is 3.45. The summed E-state index contributed by atoms with van der Waals surface area (Å²) in [6.45, 7) is 4.11. The van der Waals surface area contributed by atoms with Crippen molar-refractivity contribution in [3.8, 4) is 11.3 Å². The van der Waals surface area contributed by atoms with Crippen LogP contribution < -0.4 is 0 Å². The van der Waals surface area contributed by atoms with Crippen molar-refractivity contribution in [2.75, 3.05) is 7.05 Å². The number of hydrogen-bond acceptors (Lipinski definition) is 4. The third-order valence-electron chi connectivity index (χ3n) is 4.22. The zero-order chi connectivity index (χ0) is 20.1. The van der Waals surface area contributed by atoms with E-state index < -0.39 is 0 Å². The van der Waals surface area contributed by atoms with Crippen LogP contribution in [0.5, 0.6) is 0 Å². The van der Waals surface area contributed by atoms with Gasteiger partial charge in [0.2, 0.25) is 5.91 Å². The molecule has 0 fully saturated rings. The van der Waals surface area contributed by atoms with Gasteiger partial charge in [0, 0.05) is 24.8 Å². The van der Waals surface area contributed by atoms with E-state index in [0.29, 0.717) is 11.7 Å². The number of amides is 1. The van der Waals surface area contributed by atoms with Gasteiger partial charge in [0.15, 0.2) is 5.16 Å². The van der Waals surface area contributed by atoms with E-state index in [4.69, 9.17) is 0 Å². The molecule has 2 aromatic carbocycles. The minimum absolute atomic E-state index is 0.0550. The quantitative estimate of drug-likeness (QED) is 0.447. The fourth-order valence-electron chi connectivity index (χ4n) is 2.86. The average Bonchev–Trinajstić information content (AvgIpc) is 2.67. The van der Waals surface area contributed by atoms with Crippen LogP contribution in [-0.2, 0) is 11.3 Å². The molecule has 0 saturated heterocycles. The van der Waals surface area contributed by atoms with Crippen molar-refractivity contribution in [3.05, 3.63) is 77.7 Å². The van der Waals surface area contributed by atoms with E-state index in [0.717, 1.165) is 22.5 Å². The monoisotopic (exact) mass is 395 g/mol. The lowest BCUT2D eigenvalue weighted by molar-refractivity contribution is -0.129.